The second-order valence-electron chi connectivity index (χ2n) is 8.07. The smallest absolute Gasteiger partial charge is 0.322 e. The van der Waals surface area contributed by atoms with E-state index in [1.165, 1.54) is 0 Å². The highest BCUT2D eigenvalue weighted by atomic mass is 35.5. The van der Waals surface area contributed by atoms with Gasteiger partial charge in [-0.1, -0.05) is 17.7 Å². The summed E-state index contributed by atoms with van der Waals surface area (Å²) < 4.78 is 10.9. The third-order valence-corrected chi connectivity index (χ3v) is 5.96. The molecule has 0 bridgehead atoms. The molecule has 0 radical (unpaired) electrons. The second kappa shape index (κ2) is 11.1. The van der Waals surface area contributed by atoms with Crippen molar-refractivity contribution in [2.24, 2.45) is 0 Å². The fourth-order valence-corrected chi connectivity index (χ4v) is 4.01. The van der Waals surface area contributed by atoms with E-state index in [0.29, 0.717) is 42.6 Å². The van der Waals surface area contributed by atoms with Gasteiger partial charge in [0, 0.05) is 40.9 Å². The maximum atomic E-state index is 13.3. The number of urea groups is 1. The quantitative estimate of drug-likeness (QED) is 0.258. The van der Waals surface area contributed by atoms with Crippen molar-refractivity contribution in [1.29, 1.82) is 0 Å². The van der Waals surface area contributed by atoms with Gasteiger partial charge >= 0.3 is 6.03 Å². The van der Waals surface area contributed by atoms with Gasteiger partial charge in [-0.25, -0.2) is 4.79 Å². The van der Waals surface area contributed by atoms with Gasteiger partial charge in [-0.05, 0) is 79.1 Å². The zero-order chi connectivity index (χ0) is 24.8. The third-order valence-electron chi connectivity index (χ3n) is 5.71. The number of anilines is 1. The molecule has 4 rings (SSSR count). The Hall–Kier alpha value is -3.84. The molecule has 0 aliphatic carbocycles. The van der Waals surface area contributed by atoms with Crippen molar-refractivity contribution in [2.45, 2.75) is 19.9 Å². The van der Waals surface area contributed by atoms with Gasteiger partial charge in [-0.15, -0.1) is 0 Å². The van der Waals surface area contributed by atoms with Crippen molar-refractivity contribution in [3.63, 3.8) is 0 Å². The standard InChI is InChI=1S/C27H28ClN3O4/c1-3-35-26-14-18(4-11-25(26)32)17-31(27(33)30-21-7-5-20(28)6-8-21)13-12-19-16-29-24-10-9-22(34-2)15-23(19)24/h4-11,14-16,29,32H,3,12-13,17H2,1-2H3,(H,30,33). The minimum absolute atomic E-state index is 0.0699. The van der Waals surface area contributed by atoms with Crippen LogP contribution in [-0.2, 0) is 13.0 Å². The molecule has 35 heavy (non-hydrogen) atoms. The number of fused-ring (bicyclic) bond motifs is 1. The zero-order valence-electron chi connectivity index (χ0n) is 19.7. The van der Waals surface area contributed by atoms with Crippen LogP contribution in [0.25, 0.3) is 10.9 Å². The summed E-state index contributed by atoms with van der Waals surface area (Å²) in [6, 6.07) is 17.8. The van der Waals surface area contributed by atoms with E-state index < -0.39 is 0 Å². The lowest BCUT2D eigenvalue weighted by Crippen LogP contribution is -2.36. The van der Waals surface area contributed by atoms with Gasteiger partial charge in [0.15, 0.2) is 11.5 Å². The summed E-state index contributed by atoms with van der Waals surface area (Å²) in [5.41, 5.74) is 3.60. The molecular weight excluding hydrogens is 466 g/mol. The molecule has 0 spiro atoms. The number of benzene rings is 3. The van der Waals surface area contributed by atoms with Crippen molar-refractivity contribution in [3.05, 3.63) is 83.0 Å². The predicted octanol–water partition coefficient (Wildman–Crippen LogP) is 6.21. The first-order valence-electron chi connectivity index (χ1n) is 11.4. The van der Waals surface area contributed by atoms with E-state index in [0.717, 1.165) is 27.8 Å². The number of phenols is 1. The number of nitrogens with zero attached hydrogens (tertiary/aromatic N) is 1. The van der Waals surface area contributed by atoms with E-state index in [-0.39, 0.29) is 11.8 Å². The Labute approximate surface area is 209 Å². The van der Waals surface area contributed by atoms with Crippen molar-refractivity contribution < 1.29 is 19.4 Å². The molecule has 1 heterocycles. The average Bonchev–Trinajstić information content (AvgIpc) is 3.27. The zero-order valence-corrected chi connectivity index (χ0v) is 20.4. The number of hydrogen-bond acceptors (Lipinski definition) is 4. The van der Waals surface area contributed by atoms with Crippen LogP contribution in [0.2, 0.25) is 5.02 Å². The Kier molecular flexibility index (Phi) is 7.67. The lowest BCUT2D eigenvalue weighted by Gasteiger charge is -2.24. The second-order valence-corrected chi connectivity index (χ2v) is 8.51. The first-order valence-corrected chi connectivity index (χ1v) is 11.7. The molecule has 0 aliphatic rings. The summed E-state index contributed by atoms with van der Waals surface area (Å²) in [6.45, 7) is 3.09. The number of aromatic hydroxyl groups is 1. The molecule has 0 fully saturated rings. The van der Waals surface area contributed by atoms with E-state index in [1.807, 2.05) is 31.3 Å². The van der Waals surface area contributed by atoms with E-state index in [4.69, 9.17) is 21.1 Å². The number of aromatic nitrogens is 1. The third kappa shape index (κ3) is 6.00. The number of carbonyl (C=O) groups excluding carboxylic acids is 1. The Morgan fingerprint density at radius 1 is 1.11 bits per heavy atom. The van der Waals surface area contributed by atoms with E-state index in [1.54, 1.807) is 54.5 Å². The van der Waals surface area contributed by atoms with Gasteiger partial charge in [-0.2, -0.15) is 0 Å². The van der Waals surface area contributed by atoms with Crippen LogP contribution in [-0.4, -0.2) is 41.3 Å². The van der Waals surface area contributed by atoms with E-state index >= 15 is 0 Å². The Morgan fingerprint density at radius 2 is 1.91 bits per heavy atom. The molecule has 3 aromatic carbocycles. The topological polar surface area (TPSA) is 86.8 Å². The van der Waals surface area contributed by atoms with Crippen LogP contribution >= 0.6 is 11.6 Å². The molecule has 0 unspecified atom stereocenters. The monoisotopic (exact) mass is 493 g/mol. The number of H-pyrrole nitrogens is 1. The molecule has 0 saturated carbocycles. The van der Waals surface area contributed by atoms with E-state index in [2.05, 4.69) is 10.3 Å². The van der Waals surface area contributed by atoms with Crippen LogP contribution in [0.5, 0.6) is 17.2 Å². The Balaban J connectivity index is 1.56. The normalized spacial score (nSPS) is 10.8. The minimum atomic E-state index is -0.240. The van der Waals surface area contributed by atoms with Crippen LogP contribution in [0.15, 0.2) is 66.9 Å². The number of ether oxygens (including phenoxy) is 2. The Morgan fingerprint density at radius 3 is 2.66 bits per heavy atom. The Bertz CT molecular complexity index is 1300. The molecule has 0 aliphatic heterocycles. The largest absolute Gasteiger partial charge is 0.504 e. The molecule has 1 aromatic heterocycles. The molecule has 3 N–H and O–H groups in total. The fraction of sp³-hybridized carbons (Fsp3) is 0.222. The molecule has 0 atom stereocenters. The van der Waals surface area contributed by atoms with Crippen molar-refractivity contribution >= 4 is 34.2 Å². The van der Waals surface area contributed by atoms with Crippen LogP contribution < -0.4 is 14.8 Å². The predicted molar refractivity (Wildman–Crippen MR) is 139 cm³/mol. The summed E-state index contributed by atoms with van der Waals surface area (Å²) in [5.74, 6) is 1.25. The summed E-state index contributed by atoms with van der Waals surface area (Å²) in [4.78, 5) is 18.3. The van der Waals surface area contributed by atoms with Crippen molar-refractivity contribution in [1.82, 2.24) is 9.88 Å². The molecule has 182 valence electrons. The van der Waals surface area contributed by atoms with Gasteiger partial charge < -0.3 is 29.8 Å². The SMILES string of the molecule is CCOc1cc(CN(CCc2c[nH]c3ccc(OC)cc23)C(=O)Nc2ccc(Cl)cc2)ccc1O. The molecule has 7 nitrogen and oxygen atoms in total. The lowest BCUT2D eigenvalue weighted by atomic mass is 10.1. The number of phenolic OH excluding ortho intramolecular Hbond substituents is 1. The number of carbonyl (C=O) groups is 1. The van der Waals surface area contributed by atoms with Gasteiger partial charge in [0.2, 0.25) is 0 Å². The van der Waals surface area contributed by atoms with Crippen molar-refractivity contribution in [3.8, 4) is 17.2 Å². The molecule has 0 saturated heterocycles. The highest BCUT2D eigenvalue weighted by Crippen LogP contribution is 2.28. The molecule has 8 heteroatoms. The van der Waals surface area contributed by atoms with Crippen LogP contribution in [0.3, 0.4) is 0 Å². The number of rotatable bonds is 9. The lowest BCUT2D eigenvalue weighted by molar-refractivity contribution is 0.209. The van der Waals surface area contributed by atoms with Crippen LogP contribution in [0.1, 0.15) is 18.1 Å². The number of halogens is 1. The fourth-order valence-electron chi connectivity index (χ4n) is 3.88. The summed E-state index contributed by atoms with van der Waals surface area (Å²) >= 11 is 5.98. The minimum Gasteiger partial charge on any atom is -0.504 e. The first kappa shape index (κ1) is 24.3. The highest BCUT2D eigenvalue weighted by molar-refractivity contribution is 6.30. The summed E-state index contributed by atoms with van der Waals surface area (Å²) in [7, 11) is 1.64. The van der Waals surface area contributed by atoms with Gasteiger partial charge in [0.1, 0.15) is 5.75 Å². The average molecular weight is 494 g/mol. The highest BCUT2D eigenvalue weighted by Gasteiger charge is 2.17. The summed E-state index contributed by atoms with van der Waals surface area (Å²) in [6.07, 6.45) is 2.60. The molecule has 2 amide bonds. The number of nitrogens with one attached hydrogen (secondary N) is 2. The number of aromatic amines is 1. The molecule has 4 aromatic rings. The summed E-state index contributed by atoms with van der Waals surface area (Å²) in [5, 5.41) is 14.7. The number of hydrogen-bond donors (Lipinski definition) is 3. The van der Waals surface area contributed by atoms with Crippen LogP contribution in [0.4, 0.5) is 10.5 Å². The van der Waals surface area contributed by atoms with Gasteiger partial charge in [0.05, 0.1) is 13.7 Å². The van der Waals surface area contributed by atoms with Gasteiger partial charge in [0.25, 0.3) is 0 Å². The molecular formula is C27H28ClN3O4. The maximum Gasteiger partial charge on any atom is 0.322 e. The number of methoxy groups -OCH3 is 1. The van der Waals surface area contributed by atoms with Crippen LogP contribution in [0, 0.1) is 0 Å². The number of amides is 2. The van der Waals surface area contributed by atoms with Gasteiger partial charge in [-0.3, -0.25) is 0 Å². The first-order chi connectivity index (χ1) is 17.0. The van der Waals surface area contributed by atoms with Crippen molar-refractivity contribution in [2.75, 3.05) is 25.6 Å². The van der Waals surface area contributed by atoms with E-state index in [9.17, 15) is 9.90 Å². The maximum absolute atomic E-state index is 13.3.